The first-order valence-corrected chi connectivity index (χ1v) is 8.30. The number of carbonyl (C=O) groups is 1. The van der Waals surface area contributed by atoms with E-state index in [0.29, 0.717) is 5.56 Å². The van der Waals surface area contributed by atoms with Gasteiger partial charge in [-0.05, 0) is 42.0 Å². The van der Waals surface area contributed by atoms with Crippen LogP contribution in [0.25, 0.3) is 22.2 Å². The molecule has 0 aliphatic heterocycles. The number of anilines is 2. The quantitative estimate of drug-likeness (QED) is 0.587. The Kier molecular flexibility index (Phi) is 3.89. The minimum atomic E-state index is -0.438. The number of nitrogens with two attached hydrogens (primary N) is 1. The fraction of sp³-hybridized carbons (Fsp3) is 0.0476. The van der Waals surface area contributed by atoms with E-state index in [-0.39, 0.29) is 0 Å². The van der Waals surface area contributed by atoms with Gasteiger partial charge in [0.25, 0.3) is 0 Å². The molecule has 0 spiro atoms. The molecule has 4 aromatic rings. The van der Waals surface area contributed by atoms with Gasteiger partial charge in [0.15, 0.2) is 0 Å². The first-order chi connectivity index (χ1) is 12.6. The molecule has 0 aliphatic carbocycles. The summed E-state index contributed by atoms with van der Waals surface area (Å²) in [6.07, 6.45) is 1.79. The largest absolute Gasteiger partial charge is 0.366 e. The van der Waals surface area contributed by atoms with E-state index in [1.54, 1.807) is 18.3 Å². The third-order valence-corrected chi connectivity index (χ3v) is 4.47. The van der Waals surface area contributed by atoms with Gasteiger partial charge >= 0.3 is 0 Å². The first-order valence-electron chi connectivity index (χ1n) is 8.30. The summed E-state index contributed by atoms with van der Waals surface area (Å²) in [5.41, 5.74) is 9.99. The highest BCUT2D eigenvalue weighted by Crippen LogP contribution is 2.31. The molecule has 0 bridgehead atoms. The number of aromatic nitrogens is 2. The molecule has 1 amide bonds. The molecule has 0 atom stereocenters. The molecule has 5 nitrogen and oxygen atoms in total. The van der Waals surface area contributed by atoms with Crippen LogP contribution in [-0.4, -0.2) is 15.5 Å². The smallest absolute Gasteiger partial charge is 0.248 e. The summed E-state index contributed by atoms with van der Waals surface area (Å²) in [7, 11) is 2.05. The van der Waals surface area contributed by atoms with Gasteiger partial charge in [-0.2, -0.15) is 0 Å². The van der Waals surface area contributed by atoms with Crippen molar-refractivity contribution in [2.75, 3.05) is 5.32 Å². The molecule has 5 heteroatoms. The van der Waals surface area contributed by atoms with Crippen molar-refractivity contribution in [2.45, 2.75) is 0 Å². The molecular formula is C21H18N4O. The average molecular weight is 342 g/mol. The lowest BCUT2D eigenvalue weighted by Gasteiger charge is -2.08. The van der Waals surface area contributed by atoms with Gasteiger partial charge in [0, 0.05) is 35.6 Å². The Bertz CT molecular complexity index is 1080. The van der Waals surface area contributed by atoms with Crippen molar-refractivity contribution in [1.82, 2.24) is 9.55 Å². The number of nitrogens with one attached hydrogen (secondary N) is 1. The number of benzene rings is 2. The second-order valence-corrected chi connectivity index (χ2v) is 6.11. The van der Waals surface area contributed by atoms with E-state index in [1.165, 1.54) is 0 Å². The highest BCUT2D eigenvalue weighted by Gasteiger charge is 2.12. The predicted molar refractivity (Wildman–Crippen MR) is 104 cm³/mol. The Hall–Kier alpha value is -3.60. The summed E-state index contributed by atoms with van der Waals surface area (Å²) < 4.78 is 2.16. The average Bonchev–Trinajstić information content (AvgIpc) is 3.01. The Morgan fingerprint density at radius 1 is 1.04 bits per heavy atom. The van der Waals surface area contributed by atoms with Crippen molar-refractivity contribution in [1.29, 1.82) is 0 Å². The second kappa shape index (κ2) is 6.37. The summed E-state index contributed by atoms with van der Waals surface area (Å²) in [5, 5.41) is 4.36. The van der Waals surface area contributed by atoms with Crippen molar-refractivity contribution < 1.29 is 4.79 Å². The lowest BCUT2D eigenvalue weighted by atomic mass is 10.1. The van der Waals surface area contributed by atoms with Crippen molar-refractivity contribution >= 4 is 28.3 Å². The number of rotatable bonds is 4. The number of aryl methyl sites for hydroxylation is 1. The maximum Gasteiger partial charge on any atom is 0.248 e. The minimum Gasteiger partial charge on any atom is -0.366 e. The minimum absolute atomic E-state index is 0.438. The maximum atomic E-state index is 11.2. The Morgan fingerprint density at radius 2 is 1.77 bits per heavy atom. The van der Waals surface area contributed by atoms with Crippen LogP contribution < -0.4 is 11.1 Å². The van der Waals surface area contributed by atoms with Crippen LogP contribution in [0.5, 0.6) is 0 Å². The number of primary amides is 1. The van der Waals surface area contributed by atoms with Gasteiger partial charge in [-0.3, -0.25) is 4.79 Å². The number of pyridine rings is 1. The molecule has 0 radical (unpaired) electrons. The van der Waals surface area contributed by atoms with E-state index in [9.17, 15) is 4.79 Å². The molecule has 2 heterocycles. The fourth-order valence-electron chi connectivity index (χ4n) is 3.10. The zero-order valence-electron chi connectivity index (χ0n) is 14.3. The Balaban J connectivity index is 1.75. The van der Waals surface area contributed by atoms with Crippen LogP contribution >= 0.6 is 0 Å². The van der Waals surface area contributed by atoms with Gasteiger partial charge < -0.3 is 15.6 Å². The van der Waals surface area contributed by atoms with Crippen LogP contribution in [-0.2, 0) is 7.05 Å². The third-order valence-electron chi connectivity index (χ3n) is 4.47. The van der Waals surface area contributed by atoms with Crippen molar-refractivity contribution in [2.24, 2.45) is 12.8 Å². The molecule has 0 aliphatic rings. The third kappa shape index (κ3) is 2.80. The topological polar surface area (TPSA) is 72.9 Å². The highest BCUT2D eigenvalue weighted by molar-refractivity contribution is 5.96. The Morgan fingerprint density at radius 3 is 2.46 bits per heavy atom. The van der Waals surface area contributed by atoms with E-state index in [4.69, 9.17) is 5.73 Å². The van der Waals surface area contributed by atoms with E-state index in [2.05, 4.69) is 40.1 Å². The molecule has 0 saturated heterocycles. The van der Waals surface area contributed by atoms with Crippen molar-refractivity contribution in [3.05, 3.63) is 78.5 Å². The number of nitrogens with zero attached hydrogens (tertiary/aromatic N) is 2. The molecule has 0 saturated carbocycles. The molecule has 3 N–H and O–H groups in total. The molecule has 0 fully saturated rings. The molecule has 128 valence electrons. The SMILES string of the molecule is Cn1c(-c2ccccc2)cc2c(Nc3ccc(C(N)=O)cc3)nccc21. The lowest BCUT2D eigenvalue weighted by Crippen LogP contribution is -2.10. The normalized spacial score (nSPS) is 10.8. The summed E-state index contributed by atoms with van der Waals surface area (Å²) in [6.45, 7) is 0. The number of fused-ring (bicyclic) bond motifs is 1. The van der Waals surface area contributed by atoms with Gasteiger partial charge in [-0.15, -0.1) is 0 Å². The number of hydrogen-bond donors (Lipinski definition) is 2. The number of carbonyl (C=O) groups excluding carboxylic acids is 1. The predicted octanol–water partition coefficient (Wildman–Crippen LogP) is 4.08. The standard InChI is InChI=1S/C21H18N4O/c1-25-18-11-12-23-21(24-16-9-7-15(8-10-16)20(22)26)17(18)13-19(25)14-5-3-2-4-6-14/h2-13H,1H3,(H2,22,26)(H,23,24). The van der Waals surface area contributed by atoms with Gasteiger partial charge in [-0.1, -0.05) is 30.3 Å². The fourth-order valence-corrected chi connectivity index (χ4v) is 3.10. The monoisotopic (exact) mass is 342 g/mol. The zero-order valence-corrected chi connectivity index (χ0v) is 14.3. The van der Waals surface area contributed by atoms with Crippen LogP contribution in [0.1, 0.15) is 10.4 Å². The molecule has 0 unspecified atom stereocenters. The molecule has 4 rings (SSSR count). The van der Waals surface area contributed by atoms with Gasteiger partial charge in [0.1, 0.15) is 5.82 Å². The molecule has 2 aromatic carbocycles. The van der Waals surface area contributed by atoms with E-state index in [1.807, 2.05) is 36.4 Å². The van der Waals surface area contributed by atoms with Crippen molar-refractivity contribution in [3.8, 4) is 11.3 Å². The van der Waals surface area contributed by atoms with Gasteiger partial charge in [0.2, 0.25) is 5.91 Å². The van der Waals surface area contributed by atoms with Crippen molar-refractivity contribution in [3.63, 3.8) is 0 Å². The number of hydrogen-bond acceptors (Lipinski definition) is 3. The van der Waals surface area contributed by atoms with Gasteiger partial charge in [0.05, 0.1) is 5.52 Å². The lowest BCUT2D eigenvalue weighted by molar-refractivity contribution is 0.100. The summed E-state index contributed by atoms with van der Waals surface area (Å²) >= 11 is 0. The Labute approximate surface area is 151 Å². The summed E-state index contributed by atoms with van der Waals surface area (Å²) in [6, 6.07) is 21.4. The van der Waals surface area contributed by atoms with Crippen LogP contribution in [0, 0.1) is 0 Å². The first kappa shape index (κ1) is 15.9. The van der Waals surface area contributed by atoms with Crippen LogP contribution in [0.2, 0.25) is 0 Å². The summed E-state index contributed by atoms with van der Waals surface area (Å²) in [5.74, 6) is 0.333. The van der Waals surface area contributed by atoms with E-state index >= 15 is 0 Å². The zero-order chi connectivity index (χ0) is 18.1. The maximum absolute atomic E-state index is 11.2. The van der Waals surface area contributed by atoms with Crippen LogP contribution in [0.15, 0.2) is 72.9 Å². The van der Waals surface area contributed by atoms with Crippen LogP contribution in [0.3, 0.4) is 0 Å². The second-order valence-electron chi connectivity index (χ2n) is 6.11. The molecule has 26 heavy (non-hydrogen) atoms. The van der Waals surface area contributed by atoms with Crippen LogP contribution in [0.4, 0.5) is 11.5 Å². The molecular weight excluding hydrogens is 324 g/mol. The van der Waals surface area contributed by atoms with Gasteiger partial charge in [-0.25, -0.2) is 4.98 Å². The van der Waals surface area contributed by atoms with E-state index < -0.39 is 5.91 Å². The molecule has 2 aromatic heterocycles. The number of amides is 1. The highest BCUT2D eigenvalue weighted by atomic mass is 16.1. The summed E-state index contributed by atoms with van der Waals surface area (Å²) in [4.78, 5) is 15.7. The van der Waals surface area contributed by atoms with E-state index in [0.717, 1.165) is 33.7 Å².